The molecule has 4 nitrogen and oxygen atoms in total. The Labute approximate surface area is 146 Å². The van der Waals surface area contributed by atoms with Crippen molar-refractivity contribution >= 4 is 11.9 Å². The van der Waals surface area contributed by atoms with Crippen LogP contribution >= 0.6 is 0 Å². The second-order valence-corrected chi connectivity index (χ2v) is 8.37. The summed E-state index contributed by atoms with van der Waals surface area (Å²) in [6, 6.07) is 0. The van der Waals surface area contributed by atoms with Crippen LogP contribution in [0.15, 0.2) is 29.0 Å². The minimum Gasteiger partial charge on any atom is -0.465 e. The molecule has 0 aliphatic heterocycles. The lowest BCUT2D eigenvalue weighted by Crippen LogP contribution is -2.42. The SMILES string of the molecule is C=C(C)CC(=C=C(C)C(=O)OC(C(C)(C)C)C(C)(C)C)C(=O)OC. The van der Waals surface area contributed by atoms with Gasteiger partial charge in [-0.05, 0) is 24.7 Å². The maximum Gasteiger partial charge on any atom is 0.341 e. The first kappa shape index (κ1) is 22.2. The van der Waals surface area contributed by atoms with Crippen LogP contribution in [0.3, 0.4) is 0 Å². The summed E-state index contributed by atoms with van der Waals surface area (Å²) in [6.07, 6.45) is 0.0242. The first-order valence-electron chi connectivity index (χ1n) is 8.10. The highest BCUT2D eigenvalue weighted by Gasteiger charge is 2.38. The van der Waals surface area contributed by atoms with E-state index in [1.165, 1.54) is 7.11 Å². The molecule has 0 fully saturated rings. The van der Waals surface area contributed by atoms with Crippen molar-refractivity contribution in [2.75, 3.05) is 7.11 Å². The highest BCUT2D eigenvalue weighted by molar-refractivity contribution is 5.92. The average Bonchev–Trinajstić information content (AvgIpc) is 2.39. The number of methoxy groups -OCH3 is 1. The first-order valence-corrected chi connectivity index (χ1v) is 8.10. The molecule has 0 amide bonds. The smallest absolute Gasteiger partial charge is 0.341 e. The van der Waals surface area contributed by atoms with E-state index in [2.05, 4.69) is 12.3 Å². The van der Waals surface area contributed by atoms with Crippen molar-refractivity contribution in [1.29, 1.82) is 0 Å². The number of carbonyl (C=O) groups excluding carboxylic acids is 2. The Bertz CT molecular complexity index is 547. The predicted molar refractivity (Wildman–Crippen MR) is 96.5 cm³/mol. The molecule has 0 unspecified atom stereocenters. The van der Waals surface area contributed by atoms with Gasteiger partial charge >= 0.3 is 11.9 Å². The molecule has 0 aromatic carbocycles. The Morgan fingerprint density at radius 1 is 1.00 bits per heavy atom. The summed E-state index contributed by atoms with van der Waals surface area (Å²) in [5.41, 5.74) is 3.71. The lowest BCUT2D eigenvalue weighted by Gasteiger charge is -2.39. The van der Waals surface area contributed by atoms with Crippen LogP contribution in [0.25, 0.3) is 0 Å². The van der Waals surface area contributed by atoms with Crippen LogP contribution in [0.1, 0.15) is 61.8 Å². The number of hydrogen-bond donors (Lipinski definition) is 0. The first-order chi connectivity index (χ1) is 10.7. The highest BCUT2D eigenvalue weighted by atomic mass is 16.5. The van der Waals surface area contributed by atoms with Crippen LogP contribution < -0.4 is 0 Å². The Morgan fingerprint density at radius 2 is 1.46 bits per heavy atom. The van der Waals surface area contributed by atoms with Crippen molar-refractivity contribution in [3.8, 4) is 0 Å². The molecule has 0 bridgehead atoms. The van der Waals surface area contributed by atoms with E-state index in [0.717, 1.165) is 5.57 Å². The molecular weight excluding hydrogens is 304 g/mol. The topological polar surface area (TPSA) is 52.6 Å². The number of rotatable bonds is 5. The van der Waals surface area contributed by atoms with Crippen LogP contribution in [0, 0.1) is 10.8 Å². The average molecular weight is 336 g/mol. The monoisotopic (exact) mass is 336 g/mol. The second kappa shape index (κ2) is 8.34. The van der Waals surface area contributed by atoms with Gasteiger partial charge in [0.25, 0.3) is 0 Å². The Hall–Kier alpha value is -1.80. The van der Waals surface area contributed by atoms with Crippen molar-refractivity contribution in [1.82, 2.24) is 0 Å². The summed E-state index contributed by atoms with van der Waals surface area (Å²) in [5.74, 6) is -0.999. The van der Waals surface area contributed by atoms with Gasteiger partial charge in [0.1, 0.15) is 6.10 Å². The van der Waals surface area contributed by atoms with Gasteiger partial charge in [0, 0.05) is 6.42 Å². The molecule has 0 saturated heterocycles. The van der Waals surface area contributed by atoms with Gasteiger partial charge in [0.15, 0.2) is 0 Å². The lowest BCUT2D eigenvalue weighted by molar-refractivity contribution is -0.158. The Balaban J connectivity index is 5.71. The minimum atomic E-state index is -0.520. The Kier molecular flexibility index (Phi) is 7.72. The van der Waals surface area contributed by atoms with Crippen molar-refractivity contribution in [3.63, 3.8) is 0 Å². The number of ether oxygens (including phenoxy) is 2. The zero-order valence-corrected chi connectivity index (χ0v) is 16.6. The van der Waals surface area contributed by atoms with E-state index in [-0.39, 0.29) is 28.1 Å². The Morgan fingerprint density at radius 3 is 1.79 bits per heavy atom. The maximum absolute atomic E-state index is 12.5. The van der Waals surface area contributed by atoms with Gasteiger partial charge in [0.2, 0.25) is 0 Å². The molecular formula is C20H32O4. The number of hydrogen-bond acceptors (Lipinski definition) is 4. The van der Waals surface area contributed by atoms with E-state index >= 15 is 0 Å². The van der Waals surface area contributed by atoms with Gasteiger partial charge < -0.3 is 9.47 Å². The van der Waals surface area contributed by atoms with Gasteiger partial charge in [0.05, 0.1) is 18.3 Å². The van der Waals surface area contributed by atoms with Crippen LogP contribution in [-0.4, -0.2) is 25.2 Å². The molecule has 4 heteroatoms. The summed E-state index contributed by atoms with van der Waals surface area (Å²) < 4.78 is 10.5. The molecule has 0 aliphatic carbocycles. The van der Waals surface area contributed by atoms with E-state index in [1.807, 2.05) is 41.5 Å². The zero-order valence-electron chi connectivity index (χ0n) is 16.6. The summed E-state index contributed by atoms with van der Waals surface area (Å²) >= 11 is 0. The van der Waals surface area contributed by atoms with Crippen LogP contribution in [0.2, 0.25) is 0 Å². The van der Waals surface area contributed by atoms with E-state index in [0.29, 0.717) is 6.42 Å². The molecule has 0 rings (SSSR count). The van der Waals surface area contributed by atoms with Crippen LogP contribution in [-0.2, 0) is 19.1 Å². The predicted octanol–water partition coefficient (Wildman–Crippen LogP) is 4.60. The van der Waals surface area contributed by atoms with Gasteiger partial charge in [-0.2, -0.15) is 0 Å². The third-order valence-electron chi connectivity index (χ3n) is 3.35. The minimum absolute atomic E-state index is 0.208. The molecule has 0 aromatic heterocycles. The summed E-state index contributed by atoms with van der Waals surface area (Å²) in [7, 11) is 1.30. The zero-order chi connectivity index (χ0) is 19.3. The largest absolute Gasteiger partial charge is 0.465 e. The molecule has 0 aromatic rings. The number of allylic oxidation sites excluding steroid dienone is 1. The molecule has 0 radical (unpaired) electrons. The molecule has 0 N–H and O–H groups in total. The summed E-state index contributed by atoms with van der Waals surface area (Å²) in [4.78, 5) is 24.3. The lowest BCUT2D eigenvalue weighted by atomic mass is 9.74. The van der Waals surface area contributed by atoms with Gasteiger partial charge in [-0.15, -0.1) is 0 Å². The van der Waals surface area contributed by atoms with Gasteiger partial charge in [-0.25, -0.2) is 9.59 Å². The van der Waals surface area contributed by atoms with Crippen molar-refractivity contribution in [3.05, 3.63) is 29.0 Å². The van der Waals surface area contributed by atoms with E-state index in [4.69, 9.17) is 9.47 Å². The third-order valence-corrected chi connectivity index (χ3v) is 3.35. The number of carbonyl (C=O) groups is 2. The highest BCUT2D eigenvalue weighted by Crippen LogP contribution is 2.36. The maximum atomic E-state index is 12.5. The fourth-order valence-corrected chi connectivity index (χ4v) is 2.72. The quantitative estimate of drug-likeness (QED) is 0.319. The second-order valence-electron chi connectivity index (χ2n) is 8.37. The molecule has 0 spiro atoms. The van der Waals surface area contributed by atoms with E-state index in [1.54, 1.807) is 13.8 Å². The molecule has 0 atom stereocenters. The molecule has 0 saturated carbocycles. The normalized spacial score (nSPS) is 11.6. The fourth-order valence-electron chi connectivity index (χ4n) is 2.72. The molecule has 0 aliphatic rings. The van der Waals surface area contributed by atoms with E-state index in [9.17, 15) is 9.59 Å². The van der Waals surface area contributed by atoms with Crippen LogP contribution in [0.5, 0.6) is 0 Å². The van der Waals surface area contributed by atoms with E-state index < -0.39 is 11.9 Å². The van der Waals surface area contributed by atoms with Crippen LogP contribution in [0.4, 0.5) is 0 Å². The third kappa shape index (κ3) is 7.18. The van der Waals surface area contributed by atoms with Gasteiger partial charge in [-0.3, -0.25) is 0 Å². The van der Waals surface area contributed by atoms with Gasteiger partial charge in [-0.1, -0.05) is 59.4 Å². The number of esters is 2. The standard InChI is InChI=1S/C20H32O4/c1-13(2)11-15(17(22)23-10)12-14(3)16(21)24-18(19(4,5)6)20(7,8)9/h18H,1,11H2,2-10H3. The fraction of sp³-hybridized carbons (Fsp3) is 0.650. The molecule has 24 heavy (non-hydrogen) atoms. The van der Waals surface area contributed by atoms with Crippen molar-refractivity contribution in [2.24, 2.45) is 10.8 Å². The van der Waals surface area contributed by atoms with Crippen molar-refractivity contribution in [2.45, 2.75) is 67.9 Å². The molecule has 136 valence electrons. The summed E-state index contributed by atoms with van der Waals surface area (Å²) in [6.45, 7) is 19.4. The van der Waals surface area contributed by atoms with Crippen molar-refractivity contribution < 1.29 is 19.1 Å². The molecule has 0 heterocycles. The summed E-state index contributed by atoms with van der Waals surface area (Å²) in [5, 5.41) is 0.